The summed E-state index contributed by atoms with van der Waals surface area (Å²) in [5, 5.41) is 6.41. The van der Waals surface area contributed by atoms with Gasteiger partial charge in [-0.2, -0.15) is 0 Å². The summed E-state index contributed by atoms with van der Waals surface area (Å²) in [4.78, 5) is 14.6. The fourth-order valence-corrected chi connectivity index (χ4v) is 3.57. The molecule has 24 heavy (non-hydrogen) atoms. The summed E-state index contributed by atoms with van der Waals surface area (Å²) in [6.07, 6.45) is 2.78. The molecule has 0 aromatic heterocycles. The Bertz CT molecular complexity index is 537. The molecule has 5 heteroatoms. The fraction of sp³-hybridized carbons (Fsp3) is 0.632. The second-order valence-electron chi connectivity index (χ2n) is 6.90. The maximum atomic E-state index is 12.2. The summed E-state index contributed by atoms with van der Waals surface area (Å²) >= 11 is 0. The molecule has 1 aromatic carbocycles. The van der Waals surface area contributed by atoms with Gasteiger partial charge in [0.05, 0.1) is 13.2 Å². The lowest BCUT2D eigenvalue weighted by molar-refractivity contribution is -0.116. The normalized spacial score (nSPS) is 23.1. The molecule has 0 radical (unpaired) electrons. The number of carbonyl (C=O) groups excluding carboxylic acids is 1. The van der Waals surface area contributed by atoms with Gasteiger partial charge in [-0.1, -0.05) is 12.1 Å². The first-order valence-corrected chi connectivity index (χ1v) is 9.14. The van der Waals surface area contributed by atoms with Crippen molar-refractivity contribution >= 4 is 11.6 Å². The van der Waals surface area contributed by atoms with Crippen molar-refractivity contribution in [3.8, 4) is 0 Å². The predicted molar refractivity (Wildman–Crippen MR) is 96.1 cm³/mol. The third kappa shape index (κ3) is 4.79. The van der Waals surface area contributed by atoms with Crippen molar-refractivity contribution in [3.63, 3.8) is 0 Å². The molecule has 2 fully saturated rings. The first kappa shape index (κ1) is 17.4. The van der Waals surface area contributed by atoms with Crippen LogP contribution in [0.2, 0.25) is 0 Å². The van der Waals surface area contributed by atoms with Crippen LogP contribution in [0.3, 0.4) is 0 Å². The van der Waals surface area contributed by atoms with Gasteiger partial charge in [-0.05, 0) is 56.5 Å². The van der Waals surface area contributed by atoms with E-state index in [1.54, 1.807) is 0 Å². The van der Waals surface area contributed by atoms with Crippen LogP contribution >= 0.6 is 0 Å². The monoisotopic (exact) mass is 331 g/mol. The first-order valence-electron chi connectivity index (χ1n) is 9.14. The molecule has 2 aliphatic heterocycles. The van der Waals surface area contributed by atoms with Gasteiger partial charge >= 0.3 is 0 Å². The average molecular weight is 331 g/mol. The van der Waals surface area contributed by atoms with Gasteiger partial charge in [-0.15, -0.1) is 0 Å². The number of rotatable bonds is 6. The highest BCUT2D eigenvalue weighted by Gasteiger charge is 2.19. The van der Waals surface area contributed by atoms with E-state index in [0.717, 1.165) is 51.5 Å². The number of amides is 1. The Hall–Kier alpha value is -1.43. The zero-order valence-electron chi connectivity index (χ0n) is 14.6. The number of morpholine rings is 1. The third-order valence-corrected chi connectivity index (χ3v) is 5.19. The Kier molecular flexibility index (Phi) is 6.24. The van der Waals surface area contributed by atoms with Crippen LogP contribution in [0.4, 0.5) is 5.69 Å². The molecular formula is C19H29N3O2. The minimum absolute atomic E-state index is 0.123. The van der Waals surface area contributed by atoms with Gasteiger partial charge in [0, 0.05) is 31.2 Å². The van der Waals surface area contributed by atoms with Crippen molar-refractivity contribution in [1.29, 1.82) is 0 Å². The summed E-state index contributed by atoms with van der Waals surface area (Å²) in [5.74, 6) is 0.779. The number of ether oxygens (including phenoxy) is 1. The number of hydrogen-bond acceptors (Lipinski definition) is 4. The minimum atomic E-state index is 0.123. The Morgan fingerprint density at radius 1 is 1.42 bits per heavy atom. The largest absolute Gasteiger partial charge is 0.379 e. The Labute approximate surface area is 144 Å². The van der Waals surface area contributed by atoms with Crippen molar-refractivity contribution in [1.82, 2.24) is 10.2 Å². The topological polar surface area (TPSA) is 53.6 Å². The highest BCUT2D eigenvalue weighted by atomic mass is 16.5. The van der Waals surface area contributed by atoms with Crippen LogP contribution in [0.25, 0.3) is 0 Å². The molecule has 5 nitrogen and oxygen atoms in total. The summed E-state index contributed by atoms with van der Waals surface area (Å²) < 4.78 is 5.43. The van der Waals surface area contributed by atoms with E-state index in [4.69, 9.17) is 4.74 Å². The standard InChI is InChI=1S/C19H29N3O2/c1-15(22-9-11-24-12-10-22)17-3-2-4-18(13-17)21-19(23)6-5-16-7-8-20-14-16/h2-4,13,15-16,20H,5-12,14H2,1H3,(H,21,23). The number of nitrogens with one attached hydrogen (secondary N) is 2. The van der Waals surface area contributed by atoms with E-state index >= 15 is 0 Å². The maximum absolute atomic E-state index is 12.2. The van der Waals surface area contributed by atoms with E-state index in [0.29, 0.717) is 18.4 Å². The Balaban J connectivity index is 1.53. The summed E-state index contributed by atoms with van der Waals surface area (Å²) in [7, 11) is 0. The summed E-state index contributed by atoms with van der Waals surface area (Å²) in [5.41, 5.74) is 2.15. The average Bonchev–Trinajstić information content (AvgIpc) is 3.14. The van der Waals surface area contributed by atoms with E-state index in [1.165, 1.54) is 12.0 Å². The molecule has 1 aromatic rings. The van der Waals surface area contributed by atoms with Crippen LogP contribution in [-0.2, 0) is 9.53 Å². The molecule has 0 bridgehead atoms. The molecule has 132 valence electrons. The molecule has 1 amide bonds. The van der Waals surface area contributed by atoms with Crippen molar-refractivity contribution in [3.05, 3.63) is 29.8 Å². The highest BCUT2D eigenvalue weighted by molar-refractivity contribution is 5.90. The first-order chi connectivity index (χ1) is 11.7. The lowest BCUT2D eigenvalue weighted by Gasteiger charge is -2.32. The molecule has 2 aliphatic rings. The van der Waals surface area contributed by atoms with Crippen molar-refractivity contribution in [2.24, 2.45) is 5.92 Å². The van der Waals surface area contributed by atoms with Gasteiger partial charge in [0.2, 0.25) is 5.91 Å². The maximum Gasteiger partial charge on any atom is 0.224 e. The zero-order valence-corrected chi connectivity index (χ0v) is 14.6. The lowest BCUT2D eigenvalue weighted by Crippen LogP contribution is -2.38. The highest BCUT2D eigenvalue weighted by Crippen LogP contribution is 2.24. The molecule has 2 saturated heterocycles. The van der Waals surface area contributed by atoms with E-state index in [9.17, 15) is 4.79 Å². The summed E-state index contributed by atoms with van der Waals surface area (Å²) in [6.45, 7) is 7.90. The van der Waals surface area contributed by atoms with Gasteiger partial charge < -0.3 is 15.4 Å². The second kappa shape index (κ2) is 8.60. The molecule has 2 N–H and O–H groups in total. The second-order valence-corrected chi connectivity index (χ2v) is 6.90. The molecule has 0 aliphatic carbocycles. The van der Waals surface area contributed by atoms with Gasteiger partial charge in [0.15, 0.2) is 0 Å². The lowest BCUT2D eigenvalue weighted by atomic mass is 10.0. The van der Waals surface area contributed by atoms with Crippen LogP contribution in [0.1, 0.15) is 37.8 Å². The van der Waals surface area contributed by atoms with E-state index < -0.39 is 0 Å². The van der Waals surface area contributed by atoms with Gasteiger partial charge in [-0.3, -0.25) is 9.69 Å². The van der Waals surface area contributed by atoms with Crippen molar-refractivity contribution < 1.29 is 9.53 Å². The minimum Gasteiger partial charge on any atom is -0.379 e. The van der Waals surface area contributed by atoms with E-state index in [-0.39, 0.29) is 5.91 Å². The van der Waals surface area contributed by atoms with Gasteiger partial charge in [0.25, 0.3) is 0 Å². The number of nitrogens with zero attached hydrogens (tertiary/aromatic N) is 1. The van der Waals surface area contributed by atoms with Gasteiger partial charge in [0.1, 0.15) is 0 Å². The Morgan fingerprint density at radius 3 is 3.00 bits per heavy atom. The molecule has 2 atom stereocenters. The smallest absolute Gasteiger partial charge is 0.224 e. The quantitative estimate of drug-likeness (QED) is 0.840. The molecule has 2 heterocycles. The predicted octanol–water partition coefficient (Wildman–Crippen LogP) is 2.41. The van der Waals surface area contributed by atoms with Gasteiger partial charge in [-0.25, -0.2) is 0 Å². The van der Waals surface area contributed by atoms with Crippen LogP contribution < -0.4 is 10.6 Å². The SMILES string of the molecule is CC(c1cccc(NC(=O)CCC2CCNC2)c1)N1CCOCC1. The van der Waals surface area contributed by atoms with Crippen molar-refractivity contribution in [2.75, 3.05) is 44.7 Å². The van der Waals surface area contributed by atoms with Crippen LogP contribution in [0.15, 0.2) is 24.3 Å². The number of hydrogen-bond donors (Lipinski definition) is 2. The molecule has 0 spiro atoms. The molecule has 2 unspecified atom stereocenters. The van der Waals surface area contributed by atoms with Crippen LogP contribution in [-0.4, -0.2) is 50.2 Å². The summed E-state index contributed by atoms with van der Waals surface area (Å²) in [6, 6.07) is 8.60. The van der Waals surface area contributed by atoms with Crippen LogP contribution in [0.5, 0.6) is 0 Å². The molecule has 0 saturated carbocycles. The molecular weight excluding hydrogens is 302 g/mol. The number of carbonyl (C=O) groups is 1. The number of benzene rings is 1. The zero-order chi connectivity index (χ0) is 16.8. The fourth-order valence-electron chi connectivity index (χ4n) is 3.57. The molecule has 3 rings (SSSR count). The Morgan fingerprint density at radius 2 is 2.25 bits per heavy atom. The van der Waals surface area contributed by atoms with E-state index in [2.05, 4.69) is 34.6 Å². The third-order valence-electron chi connectivity index (χ3n) is 5.19. The van der Waals surface area contributed by atoms with Crippen molar-refractivity contribution in [2.45, 2.75) is 32.2 Å². The number of anilines is 1. The van der Waals surface area contributed by atoms with E-state index in [1.807, 2.05) is 12.1 Å². The van der Waals surface area contributed by atoms with Crippen LogP contribution in [0, 0.1) is 5.92 Å².